The first-order valence-corrected chi connectivity index (χ1v) is 17.9. The number of nitrogens with one attached hydrogen (secondary N) is 3. The molecule has 3 N–H and O–H groups in total. The van der Waals surface area contributed by atoms with Crippen molar-refractivity contribution < 1.29 is 41.0 Å². The van der Waals surface area contributed by atoms with Crippen LogP contribution in [0.25, 0.3) is 22.0 Å². The molecule has 5 rings (SSSR count). The highest BCUT2D eigenvalue weighted by atomic mass is 32.2. The van der Waals surface area contributed by atoms with Gasteiger partial charge in [0.25, 0.3) is 10.0 Å². The van der Waals surface area contributed by atoms with Gasteiger partial charge in [-0.15, -0.1) is 0 Å². The number of aromatic nitrogens is 3. The number of hydrogen-bond donors (Lipinski definition) is 3. The number of unbranched alkanes of at least 4 members (excludes halogenated alkanes) is 1. The number of para-hydroxylation sites is 2. The number of ether oxygens (including phenoxy) is 3. The standard InChI is InChI=1S/C37H38F2N6O7S/c1-22-26-16-23(24-17-30(35(50-5)40-20-24)45-53(48,49)32-14-13-25(38)19-27(32)39)18-31(34(26)42-21-41-22)51-15-9-8-12-33(46)43-28-10-6-7-11-29(28)44-36(47)52-37(2,3)4/h6-7,10-11,13-14,16-21,45H,8-9,12,15H2,1-5H3,(H,43,46)(H,44,47). The van der Waals surface area contributed by atoms with Crippen molar-refractivity contribution in [2.75, 3.05) is 29.1 Å². The fourth-order valence-electron chi connectivity index (χ4n) is 5.17. The molecule has 2 heterocycles. The predicted octanol–water partition coefficient (Wildman–Crippen LogP) is 7.62. The smallest absolute Gasteiger partial charge is 0.412 e. The molecular weight excluding hydrogens is 711 g/mol. The van der Waals surface area contributed by atoms with Crippen LogP contribution in [0.5, 0.6) is 11.6 Å². The third kappa shape index (κ3) is 9.91. The van der Waals surface area contributed by atoms with Crippen LogP contribution >= 0.6 is 0 Å². The first kappa shape index (κ1) is 38.3. The summed E-state index contributed by atoms with van der Waals surface area (Å²) in [6.07, 6.45) is 3.43. The Hall–Kier alpha value is -5.90. The number of anilines is 3. The molecule has 278 valence electrons. The van der Waals surface area contributed by atoms with Crippen LogP contribution in [0.4, 0.5) is 30.6 Å². The van der Waals surface area contributed by atoms with Gasteiger partial charge in [0.1, 0.15) is 45.4 Å². The van der Waals surface area contributed by atoms with Gasteiger partial charge in [0.05, 0.1) is 25.1 Å². The lowest BCUT2D eigenvalue weighted by Crippen LogP contribution is -2.27. The lowest BCUT2D eigenvalue weighted by atomic mass is 10.0. The molecule has 0 aliphatic carbocycles. The van der Waals surface area contributed by atoms with Crippen molar-refractivity contribution in [3.05, 3.63) is 90.5 Å². The molecule has 0 saturated heterocycles. The monoisotopic (exact) mass is 748 g/mol. The molecule has 0 aliphatic rings. The van der Waals surface area contributed by atoms with Gasteiger partial charge < -0.3 is 19.5 Å². The lowest BCUT2D eigenvalue weighted by Gasteiger charge is -2.20. The van der Waals surface area contributed by atoms with E-state index in [1.807, 2.05) is 0 Å². The molecule has 0 saturated carbocycles. The number of nitrogens with zero attached hydrogens (tertiary/aromatic N) is 3. The van der Waals surface area contributed by atoms with Crippen molar-refractivity contribution in [2.24, 2.45) is 0 Å². The lowest BCUT2D eigenvalue weighted by molar-refractivity contribution is -0.116. The summed E-state index contributed by atoms with van der Waals surface area (Å²) >= 11 is 0. The molecule has 3 aromatic carbocycles. The summed E-state index contributed by atoms with van der Waals surface area (Å²) in [5.41, 5.74) is 2.31. The maximum absolute atomic E-state index is 14.4. The fourth-order valence-corrected chi connectivity index (χ4v) is 6.28. The number of amides is 2. The second kappa shape index (κ2) is 16.2. The van der Waals surface area contributed by atoms with Crippen molar-refractivity contribution in [3.8, 4) is 22.8 Å². The van der Waals surface area contributed by atoms with Gasteiger partial charge in [-0.2, -0.15) is 0 Å². The topological polar surface area (TPSA) is 171 Å². The summed E-state index contributed by atoms with van der Waals surface area (Å²) < 4.78 is 73.1. The molecule has 2 amide bonds. The molecular formula is C37H38F2N6O7S. The Morgan fingerprint density at radius 3 is 2.30 bits per heavy atom. The Morgan fingerprint density at radius 1 is 0.868 bits per heavy atom. The summed E-state index contributed by atoms with van der Waals surface area (Å²) in [5, 5.41) is 6.16. The van der Waals surface area contributed by atoms with Crippen LogP contribution in [0, 0.1) is 18.6 Å². The van der Waals surface area contributed by atoms with Crippen molar-refractivity contribution >= 4 is 50.0 Å². The second-order valence-corrected chi connectivity index (χ2v) is 14.5. The van der Waals surface area contributed by atoms with Crippen LogP contribution in [0.2, 0.25) is 0 Å². The molecule has 2 aromatic heterocycles. The van der Waals surface area contributed by atoms with E-state index < -0.39 is 38.2 Å². The molecule has 53 heavy (non-hydrogen) atoms. The van der Waals surface area contributed by atoms with E-state index in [1.165, 1.54) is 25.7 Å². The number of benzene rings is 3. The maximum atomic E-state index is 14.4. The highest BCUT2D eigenvalue weighted by Crippen LogP contribution is 2.36. The van der Waals surface area contributed by atoms with Crippen LogP contribution < -0.4 is 24.8 Å². The number of halogens is 2. The number of carbonyl (C=O) groups excluding carboxylic acids is 2. The summed E-state index contributed by atoms with van der Waals surface area (Å²) in [5.74, 6) is -2.09. The molecule has 0 bridgehead atoms. The second-order valence-electron chi connectivity index (χ2n) is 12.8. The third-order valence-corrected chi connectivity index (χ3v) is 9.00. The van der Waals surface area contributed by atoms with Gasteiger partial charge in [0.2, 0.25) is 11.8 Å². The normalized spacial score (nSPS) is 11.5. The van der Waals surface area contributed by atoms with Gasteiger partial charge in [-0.3, -0.25) is 14.8 Å². The first-order chi connectivity index (χ1) is 25.1. The van der Waals surface area contributed by atoms with Crippen molar-refractivity contribution in [2.45, 2.75) is 57.5 Å². The van der Waals surface area contributed by atoms with Crippen molar-refractivity contribution in [1.82, 2.24) is 15.0 Å². The van der Waals surface area contributed by atoms with E-state index in [9.17, 15) is 26.8 Å². The average Bonchev–Trinajstić information content (AvgIpc) is 3.08. The van der Waals surface area contributed by atoms with Crippen molar-refractivity contribution in [3.63, 3.8) is 0 Å². The van der Waals surface area contributed by atoms with Crippen LogP contribution in [-0.2, 0) is 19.6 Å². The number of aryl methyl sites for hydroxylation is 1. The molecule has 0 spiro atoms. The molecule has 16 heteroatoms. The van der Waals surface area contributed by atoms with E-state index in [0.29, 0.717) is 63.8 Å². The zero-order chi connectivity index (χ0) is 38.3. The van der Waals surface area contributed by atoms with Gasteiger partial charge in [0, 0.05) is 35.3 Å². The van der Waals surface area contributed by atoms with Gasteiger partial charge in [-0.25, -0.2) is 36.9 Å². The third-order valence-electron chi connectivity index (χ3n) is 7.60. The largest absolute Gasteiger partial charge is 0.491 e. The Balaban J connectivity index is 1.28. The number of fused-ring (bicyclic) bond motifs is 1. The Morgan fingerprint density at radius 2 is 1.60 bits per heavy atom. The summed E-state index contributed by atoms with van der Waals surface area (Å²) in [6.45, 7) is 7.31. The van der Waals surface area contributed by atoms with Gasteiger partial charge in [-0.05, 0) is 88.6 Å². The minimum atomic E-state index is -4.50. The van der Waals surface area contributed by atoms with Crippen molar-refractivity contribution in [1.29, 1.82) is 0 Å². The predicted molar refractivity (Wildman–Crippen MR) is 195 cm³/mol. The van der Waals surface area contributed by atoms with Crippen LogP contribution in [-0.4, -0.2) is 54.7 Å². The summed E-state index contributed by atoms with van der Waals surface area (Å²) in [4.78, 5) is 37.3. The molecule has 0 aliphatic heterocycles. The molecule has 13 nitrogen and oxygen atoms in total. The quantitative estimate of drug-likeness (QED) is 0.102. The Kier molecular flexibility index (Phi) is 11.7. The molecule has 0 atom stereocenters. The number of hydrogen-bond acceptors (Lipinski definition) is 10. The zero-order valence-corrected chi connectivity index (χ0v) is 30.4. The minimum absolute atomic E-state index is 0.0801. The highest BCUT2D eigenvalue weighted by Gasteiger charge is 2.23. The molecule has 0 radical (unpaired) electrons. The fraction of sp³-hybridized carbons (Fsp3) is 0.270. The SMILES string of the molecule is COc1ncc(-c2cc(OCCCCC(=O)Nc3ccccc3NC(=O)OC(C)(C)C)c3ncnc(C)c3c2)cc1NS(=O)(=O)c1ccc(F)cc1F. The summed E-state index contributed by atoms with van der Waals surface area (Å²) in [7, 11) is -3.20. The molecule has 5 aromatic rings. The van der Waals surface area contributed by atoms with E-state index in [1.54, 1.807) is 64.1 Å². The Bertz CT molecular complexity index is 2270. The van der Waals surface area contributed by atoms with E-state index in [4.69, 9.17) is 14.2 Å². The molecule has 0 unspecified atom stereocenters. The summed E-state index contributed by atoms with van der Waals surface area (Å²) in [6, 6.07) is 13.9. The number of methoxy groups -OCH3 is 1. The van der Waals surface area contributed by atoms with E-state index in [2.05, 4.69) is 30.3 Å². The highest BCUT2D eigenvalue weighted by molar-refractivity contribution is 7.92. The average molecular weight is 749 g/mol. The van der Waals surface area contributed by atoms with Gasteiger partial charge >= 0.3 is 6.09 Å². The zero-order valence-electron chi connectivity index (χ0n) is 29.6. The number of pyridine rings is 1. The minimum Gasteiger partial charge on any atom is -0.491 e. The Labute approximate surface area is 305 Å². The van der Waals surface area contributed by atoms with Crippen LogP contribution in [0.1, 0.15) is 45.7 Å². The van der Waals surface area contributed by atoms with E-state index >= 15 is 0 Å². The van der Waals surface area contributed by atoms with Crippen LogP contribution in [0.15, 0.2) is 78.1 Å². The van der Waals surface area contributed by atoms with E-state index in [-0.39, 0.29) is 30.5 Å². The first-order valence-electron chi connectivity index (χ1n) is 16.4. The maximum Gasteiger partial charge on any atom is 0.412 e. The van der Waals surface area contributed by atoms with Crippen LogP contribution in [0.3, 0.4) is 0 Å². The van der Waals surface area contributed by atoms with Gasteiger partial charge in [-0.1, -0.05) is 12.1 Å². The molecule has 0 fully saturated rings. The number of sulfonamides is 1. The van der Waals surface area contributed by atoms with Gasteiger partial charge in [0.15, 0.2) is 0 Å². The number of carbonyl (C=O) groups is 2. The number of rotatable bonds is 13. The van der Waals surface area contributed by atoms with E-state index in [0.717, 1.165) is 12.1 Å².